The number of ether oxygens (including phenoxy) is 2. The molecule has 0 saturated carbocycles. The summed E-state index contributed by atoms with van der Waals surface area (Å²) < 4.78 is 10.6. The molecule has 1 atom stereocenters. The molecule has 4 nitrogen and oxygen atoms in total. The van der Waals surface area contributed by atoms with Crippen molar-refractivity contribution in [2.45, 2.75) is 32.8 Å². The standard InChI is InChI=1S/C14H21NO3/c1-3-13(14(16)17-4-2)18-12-7-5-11(6-8-12)9-10-15/h5-8,13H,3-4,9-10,15H2,1-2H3. The second kappa shape index (κ2) is 7.71. The van der Waals surface area contributed by atoms with Crippen LogP contribution >= 0.6 is 0 Å². The van der Waals surface area contributed by atoms with E-state index in [2.05, 4.69) is 0 Å². The highest BCUT2D eigenvalue weighted by Crippen LogP contribution is 2.15. The first-order chi connectivity index (χ1) is 8.71. The number of esters is 1. The van der Waals surface area contributed by atoms with Crippen molar-refractivity contribution < 1.29 is 14.3 Å². The quantitative estimate of drug-likeness (QED) is 0.752. The van der Waals surface area contributed by atoms with Crippen molar-refractivity contribution in [1.29, 1.82) is 0 Å². The van der Waals surface area contributed by atoms with Crippen molar-refractivity contribution in [1.82, 2.24) is 0 Å². The molecule has 0 aliphatic heterocycles. The summed E-state index contributed by atoms with van der Waals surface area (Å²) in [4.78, 5) is 11.6. The third-order valence-electron chi connectivity index (χ3n) is 2.55. The van der Waals surface area contributed by atoms with Gasteiger partial charge in [-0.1, -0.05) is 19.1 Å². The van der Waals surface area contributed by atoms with Crippen molar-refractivity contribution in [3.05, 3.63) is 29.8 Å². The van der Waals surface area contributed by atoms with E-state index >= 15 is 0 Å². The van der Waals surface area contributed by atoms with Crippen LogP contribution in [-0.4, -0.2) is 25.2 Å². The van der Waals surface area contributed by atoms with Gasteiger partial charge in [0.1, 0.15) is 5.75 Å². The topological polar surface area (TPSA) is 61.5 Å². The Hall–Kier alpha value is -1.55. The van der Waals surface area contributed by atoms with Crippen molar-refractivity contribution in [3.8, 4) is 5.75 Å². The zero-order valence-electron chi connectivity index (χ0n) is 11.0. The summed E-state index contributed by atoms with van der Waals surface area (Å²) in [5.41, 5.74) is 6.64. The molecule has 0 amide bonds. The summed E-state index contributed by atoms with van der Waals surface area (Å²) in [6, 6.07) is 7.62. The van der Waals surface area contributed by atoms with Gasteiger partial charge < -0.3 is 15.2 Å². The van der Waals surface area contributed by atoms with E-state index in [9.17, 15) is 4.79 Å². The fourth-order valence-corrected chi connectivity index (χ4v) is 1.60. The van der Waals surface area contributed by atoms with Gasteiger partial charge in [-0.3, -0.25) is 0 Å². The summed E-state index contributed by atoms with van der Waals surface area (Å²) >= 11 is 0. The second-order valence-corrected chi connectivity index (χ2v) is 3.95. The molecule has 100 valence electrons. The zero-order valence-corrected chi connectivity index (χ0v) is 11.0. The predicted molar refractivity (Wildman–Crippen MR) is 70.5 cm³/mol. The number of rotatable bonds is 7. The van der Waals surface area contributed by atoms with Gasteiger partial charge in [-0.2, -0.15) is 0 Å². The van der Waals surface area contributed by atoms with Gasteiger partial charge in [0.15, 0.2) is 6.10 Å². The van der Waals surface area contributed by atoms with Gasteiger partial charge in [-0.25, -0.2) is 4.79 Å². The smallest absolute Gasteiger partial charge is 0.347 e. The van der Waals surface area contributed by atoms with E-state index in [1.807, 2.05) is 31.2 Å². The Morgan fingerprint density at radius 1 is 1.28 bits per heavy atom. The number of hydrogen-bond acceptors (Lipinski definition) is 4. The Balaban J connectivity index is 2.61. The number of hydrogen-bond donors (Lipinski definition) is 1. The van der Waals surface area contributed by atoms with Crippen LogP contribution in [-0.2, 0) is 16.0 Å². The molecule has 1 aromatic rings. The number of benzene rings is 1. The minimum Gasteiger partial charge on any atom is -0.479 e. The first kappa shape index (κ1) is 14.5. The van der Waals surface area contributed by atoms with Gasteiger partial charge in [0.05, 0.1) is 6.61 Å². The van der Waals surface area contributed by atoms with Crippen LogP contribution in [0.2, 0.25) is 0 Å². The van der Waals surface area contributed by atoms with E-state index in [0.29, 0.717) is 25.3 Å². The van der Waals surface area contributed by atoms with Crippen molar-refractivity contribution >= 4 is 5.97 Å². The summed E-state index contributed by atoms with van der Waals surface area (Å²) in [6.07, 6.45) is 0.893. The summed E-state index contributed by atoms with van der Waals surface area (Å²) in [7, 11) is 0. The molecule has 0 saturated heterocycles. The molecule has 4 heteroatoms. The molecule has 0 aliphatic carbocycles. The molecule has 0 heterocycles. The summed E-state index contributed by atoms with van der Waals surface area (Å²) in [6.45, 7) is 4.67. The molecule has 0 aliphatic rings. The molecule has 0 aromatic heterocycles. The molecular weight excluding hydrogens is 230 g/mol. The first-order valence-electron chi connectivity index (χ1n) is 6.33. The van der Waals surface area contributed by atoms with E-state index in [1.165, 1.54) is 0 Å². The third kappa shape index (κ3) is 4.37. The largest absolute Gasteiger partial charge is 0.479 e. The van der Waals surface area contributed by atoms with E-state index in [0.717, 1.165) is 12.0 Å². The van der Waals surface area contributed by atoms with Crippen LogP contribution in [0.4, 0.5) is 0 Å². The van der Waals surface area contributed by atoms with Crippen LogP contribution < -0.4 is 10.5 Å². The van der Waals surface area contributed by atoms with E-state index in [-0.39, 0.29) is 5.97 Å². The van der Waals surface area contributed by atoms with Crippen LogP contribution in [0.15, 0.2) is 24.3 Å². The van der Waals surface area contributed by atoms with E-state index in [1.54, 1.807) is 6.92 Å². The van der Waals surface area contributed by atoms with Crippen LogP contribution in [0.5, 0.6) is 5.75 Å². The maximum absolute atomic E-state index is 11.6. The van der Waals surface area contributed by atoms with Gasteiger partial charge in [-0.05, 0) is 44.0 Å². The predicted octanol–water partition coefficient (Wildman–Crippen LogP) is 1.91. The molecule has 1 rings (SSSR count). The van der Waals surface area contributed by atoms with Gasteiger partial charge in [0.2, 0.25) is 0 Å². The maximum atomic E-state index is 11.6. The van der Waals surface area contributed by atoms with Gasteiger partial charge in [-0.15, -0.1) is 0 Å². The molecule has 0 bridgehead atoms. The highest BCUT2D eigenvalue weighted by Gasteiger charge is 2.19. The lowest BCUT2D eigenvalue weighted by Crippen LogP contribution is -2.28. The highest BCUT2D eigenvalue weighted by molar-refractivity contribution is 5.75. The average molecular weight is 251 g/mol. The van der Waals surface area contributed by atoms with Gasteiger partial charge >= 0.3 is 5.97 Å². The Kier molecular flexibility index (Phi) is 6.22. The van der Waals surface area contributed by atoms with Crippen molar-refractivity contribution in [2.24, 2.45) is 5.73 Å². The molecule has 0 spiro atoms. The number of carbonyl (C=O) groups excluding carboxylic acids is 1. The van der Waals surface area contributed by atoms with E-state index < -0.39 is 6.10 Å². The lowest BCUT2D eigenvalue weighted by atomic mass is 10.1. The van der Waals surface area contributed by atoms with Crippen LogP contribution in [0, 0.1) is 0 Å². The fourth-order valence-electron chi connectivity index (χ4n) is 1.60. The summed E-state index contributed by atoms with van der Waals surface area (Å²) in [5.74, 6) is 0.363. The lowest BCUT2D eigenvalue weighted by molar-refractivity contribution is -0.151. The normalized spacial score (nSPS) is 11.9. The Morgan fingerprint density at radius 3 is 2.44 bits per heavy atom. The van der Waals surface area contributed by atoms with Gasteiger partial charge in [0, 0.05) is 0 Å². The molecule has 2 N–H and O–H groups in total. The third-order valence-corrected chi connectivity index (χ3v) is 2.55. The maximum Gasteiger partial charge on any atom is 0.347 e. The van der Waals surface area contributed by atoms with Crippen LogP contribution in [0.25, 0.3) is 0 Å². The first-order valence-corrected chi connectivity index (χ1v) is 6.33. The Morgan fingerprint density at radius 2 is 1.94 bits per heavy atom. The fraction of sp³-hybridized carbons (Fsp3) is 0.500. The number of nitrogens with two attached hydrogens (primary N) is 1. The zero-order chi connectivity index (χ0) is 13.4. The molecular formula is C14H21NO3. The average Bonchev–Trinajstić information content (AvgIpc) is 2.38. The minimum absolute atomic E-state index is 0.314. The molecule has 1 aromatic carbocycles. The Bertz CT molecular complexity index is 362. The van der Waals surface area contributed by atoms with Crippen molar-refractivity contribution in [2.75, 3.05) is 13.2 Å². The van der Waals surface area contributed by atoms with Gasteiger partial charge in [0.25, 0.3) is 0 Å². The molecule has 1 unspecified atom stereocenters. The number of carbonyl (C=O) groups is 1. The SMILES string of the molecule is CCOC(=O)C(CC)Oc1ccc(CCN)cc1. The molecule has 0 radical (unpaired) electrons. The summed E-state index contributed by atoms with van der Waals surface area (Å²) in [5, 5.41) is 0. The molecule has 18 heavy (non-hydrogen) atoms. The Labute approximate surface area is 108 Å². The second-order valence-electron chi connectivity index (χ2n) is 3.95. The van der Waals surface area contributed by atoms with Crippen LogP contribution in [0.3, 0.4) is 0 Å². The monoisotopic (exact) mass is 251 g/mol. The highest BCUT2D eigenvalue weighted by atomic mass is 16.6. The molecule has 0 fully saturated rings. The van der Waals surface area contributed by atoms with Crippen molar-refractivity contribution in [3.63, 3.8) is 0 Å². The minimum atomic E-state index is -0.537. The lowest BCUT2D eigenvalue weighted by Gasteiger charge is -2.16. The van der Waals surface area contributed by atoms with Crippen LogP contribution in [0.1, 0.15) is 25.8 Å². The van der Waals surface area contributed by atoms with E-state index in [4.69, 9.17) is 15.2 Å².